The second kappa shape index (κ2) is 15.0. The third-order valence-corrected chi connectivity index (χ3v) is 10.2. The minimum atomic E-state index is -1.06. The highest BCUT2D eigenvalue weighted by molar-refractivity contribution is 6.38. The predicted molar refractivity (Wildman–Crippen MR) is 186 cm³/mol. The van der Waals surface area contributed by atoms with Crippen LogP contribution in [0.4, 0.5) is 4.79 Å². The monoisotopic (exact) mass is 695 g/mol. The molecule has 4 aliphatic rings. The summed E-state index contributed by atoms with van der Waals surface area (Å²) in [6.07, 6.45) is 5.24. The molecule has 2 aliphatic heterocycles. The number of carbonyl (C=O) groups excluding carboxylic acids is 5. The highest BCUT2D eigenvalue weighted by Crippen LogP contribution is 2.41. The zero-order chi connectivity index (χ0) is 36.4. The lowest BCUT2D eigenvalue weighted by atomic mass is 9.85. The third-order valence-electron chi connectivity index (χ3n) is 10.2. The van der Waals surface area contributed by atoms with Crippen LogP contribution >= 0.6 is 0 Å². The van der Waals surface area contributed by atoms with E-state index in [4.69, 9.17) is 14.3 Å². The largest absolute Gasteiger partial charge is 0.493 e. The van der Waals surface area contributed by atoms with Crippen LogP contribution < -0.4 is 20.7 Å². The van der Waals surface area contributed by atoms with E-state index in [0.29, 0.717) is 25.2 Å². The average Bonchev–Trinajstić information content (AvgIpc) is 3.41. The van der Waals surface area contributed by atoms with E-state index in [1.54, 1.807) is 0 Å². The van der Waals surface area contributed by atoms with Crippen molar-refractivity contribution < 1.29 is 38.3 Å². The van der Waals surface area contributed by atoms with Gasteiger partial charge in [0.2, 0.25) is 17.6 Å². The van der Waals surface area contributed by atoms with Crippen molar-refractivity contribution in [3.63, 3.8) is 0 Å². The number of rotatable bonds is 12. The van der Waals surface area contributed by atoms with Gasteiger partial charge in [0.1, 0.15) is 23.9 Å². The molecule has 1 spiro atoms. The molecule has 3 N–H and O–H groups in total. The molecule has 5 rings (SSSR count). The molecule has 4 amide bonds. The van der Waals surface area contributed by atoms with Gasteiger partial charge in [0.15, 0.2) is 5.60 Å². The maximum Gasteiger partial charge on any atom is 0.408 e. The van der Waals surface area contributed by atoms with Gasteiger partial charge in [-0.15, -0.1) is 0 Å². The Morgan fingerprint density at radius 1 is 1.04 bits per heavy atom. The Labute approximate surface area is 294 Å². The average molecular weight is 696 g/mol. The van der Waals surface area contributed by atoms with Crippen LogP contribution in [0.3, 0.4) is 0 Å². The fourth-order valence-corrected chi connectivity index (χ4v) is 7.36. The number of hydrogen-bond donors (Lipinski definition) is 3. The maximum atomic E-state index is 14.6. The summed E-state index contributed by atoms with van der Waals surface area (Å²) in [6, 6.07) is 0.854. The highest BCUT2D eigenvalue weighted by Gasteiger charge is 2.56. The number of aryl methyl sites for hydroxylation is 2. The summed E-state index contributed by atoms with van der Waals surface area (Å²) in [5.74, 6) is -1.51. The second-order valence-electron chi connectivity index (χ2n) is 15.5. The lowest BCUT2D eigenvalue weighted by Gasteiger charge is -2.35. The quantitative estimate of drug-likeness (QED) is 0.278. The molecule has 2 saturated carbocycles. The molecule has 0 unspecified atom stereocenters. The first kappa shape index (κ1) is 37.1. The van der Waals surface area contributed by atoms with Gasteiger partial charge in [-0.1, -0.05) is 38.8 Å². The van der Waals surface area contributed by atoms with Crippen LogP contribution in [-0.4, -0.2) is 90.2 Å². The van der Waals surface area contributed by atoms with E-state index < -0.39 is 58.7 Å². The van der Waals surface area contributed by atoms with Crippen molar-refractivity contribution in [1.82, 2.24) is 20.9 Å². The Morgan fingerprint density at radius 2 is 1.70 bits per heavy atom. The Hall–Kier alpha value is -4.16. The summed E-state index contributed by atoms with van der Waals surface area (Å²) < 4.78 is 11.5. The predicted octanol–water partition coefficient (Wildman–Crippen LogP) is 3.85. The molecular weight excluding hydrogens is 642 g/mol. The van der Waals surface area contributed by atoms with E-state index in [2.05, 4.69) is 21.1 Å². The van der Waals surface area contributed by atoms with Gasteiger partial charge in [-0.2, -0.15) is 0 Å². The molecule has 0 aromatic heterocycles. The van der Waals surface area contributed by atoms with E-state index >= 15 is 0 Å². The summed E-state index contributed by atoms with van der Waals surface area (Å²) in [6.45, 7) is 12.0. The van der Waals surface area contributed by atoms with Gasteiger partial charge in [-0.05, 0) is 87.5 Å². The molecule has 13 nitrogen and oxygen atoms in total. The number of carbonyl (C=O) groups is 5. The number of likely N-dealkylation sites (tertiary alicyclic amines) is 1. The minimum absolute atomic E-state index is 0.0224. The lowest BCUT2D eigenvalue weighted by Crippen LogP contribution is -2.59. The maximum absolute atomic E-state index is 14.6. The van der Waals surface area contributed by atoms with Crippen LogP contribution in [0.25, 0.3) is 0 Å². The molecule has 3 fully saturated rings. The zero-order valence-electron chi connectivity index (χ0n) is 30.5. The number of nitrogens with zero attached hydrogens (tertiary/aromatic N) is 2. The summed E-state index contributed by atoms with van der Waals surface area (Å²) >= 11 is 0. The number of oxime groups is 1. The molecule has 0 radical (unpaired) electrons. The zero-order valence-corrected chi connectivity index (χ0v) is 30.5. The van der Waals surface area contributed by atoms with Crippen LogP contribution in [-0.2, 0) is 28.8 Å². The smallest absolute Gasteiger partial charge is 0.408 e. The normalized spacial score (nSPS) is 23.1. The first-order chi connectivity index (χ1) is 23.6. The second-order valence-corrected chi connectivity index (χ2v) is 15.5. The summed E-state index contributed by atoms with van der Waals surface area (Å²) in [5, 5.41) is 12.5. The molecule has 13 heteroatoms. The van der Waals surface area contributed by atoms with Crippen LogP contribution in [0.5, 0.6) is 5.75 Å². The number of alkyl carbamates (subject to hydrolysis) is 1. The molecule has 4 atom stereocenters. The van der Waals surface area contributed by atoms with Crippen molar-refractivity contribution in [2.75, 3.05) is 20.2 Å². The van der Waals surface area contributed by atoms with Crippen molar-refractivity contribution in [2.24, 2.45) is 16.5 Å². The molecule has 1 aromatic carbocycles. The lowest BCUT2D eigenvalue weighted by molar-refractivity contribution is -0.144. The fraction of sp³-hybridized carbons (Fsp3) is 0.676. The first-order valence-electron chi connectivity index (χ1n) is 18.0. The van der Waals surface area contributed by atoms with Gasteiger partial charge in [0, 0.05) is 25.5 Å². The van der Waals surface area contributed by atoms with E-state index in [0.717, 1.165) is 61.0 Å². The fourth-order valence-electron chi connectivity index (χ4n) is 7.36. The Balaban J connectivity index is 1.42. The van der Waals surface area contributed by atoms with Crippen molar-refractivity contribution in [3.05, 3.63) is 28.8 Å². The van der Waals surface area contributed by atoms with Crippen LogP contribution in [0, 0.1) is 25.2 Å². The molecule has 2 aliphatic carbocycles. The number of Topliss-reactive ketones (excluding diaryl/α,β-unsaturated/α-hetero) is 1. The number of ether oxygens (including phenoxy) is 2. The Bertz CT molecular complexity index is 1500. The first-order valence-corrected chi connectivity index (χ1v) is 18.0. The van der Waals surface area contributed by atoms with Crippen molar-refractivity contribution in [3.8, 4) is 5.75 Å². The van der Waals surface area contributed by atoms with Crippen molar-refractivity contribution >= 4 is 35.3 Å². The van der Waals surface area contributed by atoms with E-state index in [1.165, 1.54) is 11.9 Å². The van der Waals surface area contributed by atoms with Crippen molar-refractivity contribution in [1.29, 1.82) is 0 Å². The number of nitrogens with one attached hydrogen (secondary N) is 3. The van der Waals surface area contributed by atoms with Gasteiger partial charge in [-0.3, -0.25) is 19.2 Å². The van der Waals surface area contributed by atoms with E-state index in [9.17, 15) is 24.0 Å². The molecule has 1 saturated heterocycles. The summed E-state index contributed by atoms with van der Waals surface area (Å²) in [7, 11) is 1.37. The van der Waals surface area contributed by atoms with Gasteiger partial charge in [-0.25, -0.2) is 4.79 Å². The topological polar surface area (TPSA) is 165 Å². The Kier molecular flexibility index (Phi) is 11.1. The van der Waals surface area contributed by atoms with Crippen molar-refractivity contribution in [2.45, 2.75) is 129 Å². The number of likely N-dealkylation sites (N-methyl/N-ethyl adjacent to an activating group) is 1. The SMILES string of the molecule is CCOc1c(C)cc(C2=NO[C@]3(C2)C[C@@H](C(=O)N[C@@H](CC2CC2)C(=O)C(=O)NC)N(C(=O)[C@@H](NC(=O)OC2CCCC2)C(C)(C)C)C3)cc1C. The number of benzene rings is 1. The Morgan fingerprint density at radius 3 is 2.28 bits per heavy atom. The minimum Gasteiger partial charge on any atom is -0.493 e. The number of hydrogen-bond acceptors (Lipinski definition) is 9. The van der Waals surface area contributed by atoms with Gasteiger partial charge < -0.3 is 35.2 Å². The molecule has 50 heavy (non-hydrogen) atoms. The standard InChI is InChI=1S/C37H53N5O8/c1-8-48-30-21(2)15-24(16-22(30)3)27-18-37(50-41-27)19-28(32(44)39-26(17-23-13-14-23)29(43)33(45)38-7)42(20-37)34(46)31(36(4,5)6)40-35(47)49-25-11-9-10-12-25/h15-16,23,25-26,28,31H,8-14,17-20H2,1-7H3,(H,38,45)(H,39,44)(H,40,47)/t26-,28-,31+,37+/m0/s1. The number of amides is 4. The molecule has 2 heterocycles. The van der Waals surface area contributed by atoms with E-state index in [1.807, 2.05) is 53.7 Å². The van der Waals surface area contributed by atoms with Gasteiger partial charge in [0.25, 0.3) is 5.91 Å². The molecule has 1 aromatic rings. The highest BCUT2D eigenvalue weighted by atomic mass is 16.7. The van der Waals surface area contributed by atoms with Gasteiger partial charge in [0.05, 0.1) is 24.9 Å². The molecule has 274 valence electrons. The van der Waals surface area contributed by atoms with Crippen LogP contribution in [0.2, 0.25) is 0 Å². The summed E-state index contributed by atoms with van der Waals surface area (Å²) in [5.41, 5.74) is 1.67. The summed E-state index contributed by atoms with van der Waals surface area (Å²) in [4.78, 5) is 74.8. The van der Waals surface area contributed by atoms with E-state index in [-0.39, 0.29) is 25.0 Å². The van der Waals surface area contributed by atoms with Crippen LogP contribution in [0.1, 0.15) is 102 Å². The molecule has 0 bridgehead atoms. The third kappa shape index (κ3) is 8.40. The molecular formula is C37H53N5O8. The van der Waals surface area contributed by atoms with Crippen LogP contribution in [0.15, 0.2) is 17.3 Å². The van der Waals surface area contributed by atoms with Gasteiger partial charge >= 0.3 is 6.09 Å². The number of ketones is 1.